The summed E-state index contributed by atoms with van der Waals surface area (Å²) in [6.07, 6.45) is 0. The van der Waals surface area contributed by atoms with Gasteiger partial charge in [-0.05, 0) is 29.8 Å². The fraction of sp³-hybridized carbons (Fsp3) is 0. The number of benzene rings is 5. The number of para-hydroxylation sites is 3. The summed E-state index contributed by atoms with van der Waals surface area (Å²) in [6.45, 7) is 0. The molecule has 0 fully saturated rings. The molecule has 0 unspecified atom stereocenters. The third-order valence-corrected chi connectivity index (χ3v) is 7.77. The van der Waals surface area contributed by atoms with Gasteiger partial charge >= 0.3 is 0 Å². The number of fused-ring (bicyclic) bond motifs is 10. The molecular formula is C32H18N2. The van der Waals surface area contributed by atoms with E-state index in [-0.39, 0.29) is 0 Å². The molecule has 4 heterocycles. The molecule has 0 amide bonds. The zero-order valence-corrected chi connectivity index (χ0v) is 18.3. The predicted molar refractivity (Wildman–Crippen MR) is 144 cm³/mol. The highest BCUT2D eigenvalue weighted by molar-refractivity contribution is 6.33. The van der Waals surface area contributed by atoms with Crippen LogP contribution in [0, 0.1) is 0 Å². The topological polar surface area (TPSA) is 8.82 Å². The van der Waals surface area contributed by atoms with Gasteiger partial charge in [0.2, 0.25) is 0 Å². The van der Waals surface area contributed by atoms with E-state index in [1.165, 1.54) is 76.5 Å². The lowest BCUT2D eigenvalue weighted by Crippen LogP contribution is -1.86. The summed E-state index contributed by atoms with van der Waals surface area (Å²) in [4.78, 5) is 0. The average molecular weight is 431 g/mol. The summed E-state index contributed by atoms with van der Waals surface area (Å²) >= 11 is 0. The van der Waals surface area contributed by atoms with Crippen LogP contribution >= 0.6 is 0 Å². The van der Waals surface area contributed by atoms with Crippen molar-refractivity contribution >= 4 is 65.3 Å². The minimum atomic E-state index is 1.25. The Kier molecular flexibility index (Phi) is 2.83. The molecule has 0 atom stereocenters. The van der Waals surface area contributed by atoms with E-state index in [4.69, 9.17) is 0 Å². The van der Waals surface area contributed by atoms with Crippen molar-refractivity contribution < 1.29 is 0 Å². The number of hydrogen-bond acceptors (Lipinski definition) is 0. The van der Waals surface area contributed by atoms with Crippen LogP contribution in [0.25, 0.3) is 76.5 Å². The molecule has 34 heavy (non-hydrogen) atoms. The van der Waals surface area contributed by atoms with Crippen molar-refractivity contribution in [2.75, 3.05) is 0 Å². The van der Waals surface area contributed by atoms with Crippen LogP contribution < -0.4 is 0 Å². The fourth-order valence-corrected chi connectivity index (χ4v) is 6.50. The highest BCUT2D eigenvalue weighted by Crippen LogP contribution is 2.46. The number of aromatic nitrogens is 2. The minimum Gasteiger partial charge on any atom is -0.308 e. The second-order valence-electron chi connectivity index (χ2n) is 9.38. The van der Waals surface area contributed by atoms with Crippen LogP contribution in [0.1, 0.15) is 0 Å². The van der Waals surface area contributed by atoms with Gasteiger partial charge in [0, 0.05) is 37.7 Å². The molecule has 0 aliphatic rings. The predicted octanol–water partition coefficient (Wildman–Crippen LogP) is 8.50. The van der Waals surface area contributed by atoms with Crippen LogP contribution in [-0.2, 0) is 0 Å². The molecule has 9 rings (SSSR count). The lowest BCUT2D eigenvalue weighted by molar-refractivity contribution is 1.30. The molecule has 156 valence electrons. The lowest BCUT2D eigenvalue weighted by Gasteiger charge is -2.04. The summed E-state index contributed by atoms with van der Waals surface area (Å²) in [5.74, 6) is 0. The van der Waals surface area contributed by atoms with E-state index < -0.39 is 0 Å². The standard InChI is InChI=1S/C32H18N2/c1-2-8-19(9-3-1)28-18-20-10-6-13-23-29-27(34(28)31(20)23)17-16-26-30(29)24-14-7-12-22-21-11-4-5-15-25(21)33(26)32(22)24/h1-18H. The van der Waals surface area contributed by atoms with Crippen molar-refractivity contribution in [3.05, 3.63) is 109 Å². The van der Waals surface area contributed by atoms with Gasteiger partial charge in [-0.25, -0.2) is 0 Å². The van der Waals surface area contributed by atoms with Crippen LogP contribution in [0.15, 0.2) is 109 Å². The maximum Gasteiger partial charge on any atom is 0.0620 e. The van der Waals surface area contributed by atoms with Crippen LogP contribution in [0.3, 0.4) is 0 Å². The largest absolute Gasteiger partial charge is 0.308 e. The molecule has 0 aliphatic heterocycles. The van der Waals surface area contributed by atoms with Crippen LogP contribution in [0.5, 0.6) is 0 Å². The summed E-state index contributed by atoms with van der Waals surface area (Å²) in [5.41, 5.74) is 9.00. The van der Waals surface area contributed by atoms with Gasteiger partial charge < -0.3 is 8.80 Å². The van der Waals surface area contributed by atoms with E-state index in [0.717, 1.165) is 0 Å². The number of hydrogen-bond donors (Lipinski definition) is 0. The zero-order valence-electron chi connectivity index (χ0n) is 18.3. The molecule has 0 saturated carbocycles. The summed E-state index contributed by atoms with van der Waals surface area (Å²) in [5, 5.41) is 9.34. The number of nitrogens with zero attached hydrogens (tertiary/aromatic N) is 2. The van der Waals surface area contributed by atoms with Crippen molar-refractivity contribution in [3.63, 3.8) is 0 Å². The van der Waals surface area contributed by atoms with Gasteiger partial charge in [0.1, 0.15) is 0 Å². The molecule has 0 radical (unpaired) electrons. The Morgan fingerprint density at radius 3 is 1.91 bits per heavy atom. The van der Waals surface area contributed by atoms with Gasteiger partial charge in [-0.2, -0.15) is 0 Å². The van der Waals surface area contributed by atoms with Crippen molar-refractivity contribution in [3.8, 4) is 11.3 Å². The van der Waals surface area contributed by atoms with Crippen molar-refractivity contribution in [1.29, 1.82) is 0 Å². The monoisotopic (exact) mass is 430 g/mol. The molecule has 0 saturated heterocycles. The van der Waals surface area contributed by atoms with E-state index >= 15 is 0 Å². The van der Waals surface area contributed by atoms with E-state index in [9.17, 15) is 0 Å². The molecule has 2 nitrogen and oxygen atoms in total. The lowest BCUT2D eigenvalue weighted by atomic mass is 10.0. The Bertz CT molecular complexity index is 2210. The zero-order chi connectivity index (χ0) is 22.0. The highest BCUT2D eigenvalue weighted by atomic mass is 14.9. The highest BCUT2D eigenvalue weighted by Gasteiger charge is 2.23. The number of rotatable bonds is 1. The van der Waals surface area contributed by atoms with Gasteiger partial charge in [-0.3, -0.25) is 0 Å². The normalized spacial score (nSPS) is 12.7. The second-order valence-corrected chi connectivity index (χ2v) is 9.38. The molecule has 0 spiro atoms. The third-order valence-electron chi connectivity index (χ3n) is 7.77. The Hall–Kier alpha value is -4.56. The van der Waals surface area contributed by atoms with Crippen molar-refractivity contribution in [2.45, 2.75) is 0 Å². The SMILES string of the molecule is c1ccc(-c2cc3cccc4c5c6c7cccc8c9ccccc9n(c6ccc5n2c34)c87)cc1. The quantitative estimate of drug-likeness (QED) is 0.247. The fourth-order valence-electron chi connectivity index (χ4n) is 6.50. The average Bonchev–Trinajstić information content (AvgIpc) is 3.63. The second kappa shape index (κ2) is 5.67. The first-order valence-corrected chi connectivity index (χ1v) is 11.8. The van der Waals surface area contributed by atoms with Crippen LogP contribution in [-0.4, -0.2) is 8.80 Å². The molecule has 0 bridgehead atoms. The maximum absolute atomic E-state index is 2.47. The Morgan fingerprint density at radius 1 is 0.412 bits per heavy atom. The summed E-state index contributed by atoms with van der Waals surface area (Å²) in [7, 11) is 0. The Balaban J connectivity index is 1.59. The van der Waals surface area contributed by atoms with E-state index in [1.807, 2.05) is 0 Å². The van der Waals surface area contributed by atoms with Crippen molar-refractivity contribution in [1.82, 2.24) is 8.80 Å². The molecule has 5 aromatic carbocycles. The summed E-state index contributed by atoms with van der Waals surface area (Å²) in [6, 6.07) is 40.0. The molecule has 9 aromatic rings. The first-order valence-electron chi connectivity index (χ1n) is 11.8. The van der Waals surface area contributed by atoms with Crippen LogP contribution in [0.2, 0.25) is 0 Å². The minimum absolute atomic E-state index is 1.25. The van der Waals surface area contributed by atoms with Crippen molar-refractivity contribution in [2.24, 2.45) is 0 Å². The van der Waals surface area contributed by atoms with Gasteiger partial charge in [-0.1, -0.05) is 84.9 Å². The molecule has 4 aromatic heterocycles. The first kappa shape index (κ1) is 17.0. The van der Waals surface area contributed by atoms with Gasteiger partial charge in [-0.15, -0.1) is 0 Å². The maximum atomic E-state index is 2.47. The third kappa shape index (κ3) is 1.79. The van der Waals surface area contributed by atoms with E-state index in [1.54, 1.807) is 0 Å². The van der Waals surface area contributed by atoms with Gasteiger partial charge in [0.05, 0.1) is 33.3 Å². The summed E-state index contributed by atoms with van der Waals surface area (Å²) < 4.78 is 4.95. The Labute approximate surface area is 194 Å². The molecule has 0 N–H and O–H groups in total. The smallest absolute Gasteiger partial charge is 0.0620 e. The first-order chi connectivity index (χ1) is 16.9. The van der Waals surface area contributed by atoms with Gasteiger partial charge in [0.25, 0.3) is 0 Å². The van der Waals surface area contributed by atoms with Gasteiger partial charge in [0.15, 0.2) is 0 Å². The molecule has 2 heteroatoms. The van der Waals surface area contributed by atoms with E-state index in [0.29, 0.717) is 0 Å². The Morgan fingerprint density at radius 2 is 1.06 bits per heavy atom. The van der Waals surface area contributed by atoms with Crippen LogP contribution in [0.4, 0.5) is 0 Å². The molecule has 0 aliphatic carbocycles. The molecular weight excluding hydrogens is 412 g/mol. The van der Waals surface area contributed by atoms with E-state index in [2.05, 4.69) is 118 Å².